The fourth-order valence-electron chi connectivity index (χ4n) is 0.691. The van der Waals surface area contributed by atoms with Crippen molar-refractivity contribution in [2.24, 2.45) is 4.99 Å². The molecule has 0 aliphatic heterocycles. The minimum absolute atomic E-state index is 0.710. The molecule has 0 saturated heterocycles. The zero-order valence-electron chi connectivity index (χ0n) is 8.25. The first-order chi connectivity index (χ1) is 5.77. The maximum atomic E-state index is 5.35. The number of thioether (sulfide) groups is 1. The molecule has 0 bridgehead atoms. The van der Waals surface area contributed by atoms with Gasteiger partial charge in [0.05, 0.1) is 19.8 Å². The number of aliphatic imine (C=N–C) groups is 1. The SMILES string of the molecule is C/C=N/CCOCCSC(C)C. The summed E-state index contributed by atoms with van der Waals surface area (Å²) in [5.74, 6) is 1.09. The van der Waals surface area contributed by atoms with E-state index in [4.69, 9.17) is 4.74 Å². The predicted octanol–water partition coefficient (Wildman–Crippen LogP) is 2.24. The van der Waals surface area contributed by atoms with Crippen LogP contribution in [0.5, 0.6) is 0 Å². The standard InChI is InChI=1S/C9H19NOS/c1-4-10-5-6-11-7-8-12-9(2)3/h4,9H,5-8H2,1-3H3/b10-4+. The van der Waals surface area contributed by atoms with Crippen molar-refractivity contribution < 1.29 is 4.74 Å². The summed E-state index contributed by atoms with van der Waals surface area (Å²) < 4.78 is 5.35. The van der Waals surface area contributed by atoms with Crippen LogP contribution in [-0.4, -0.2) is 37.0 Å². The maximum Gasteiger partial charge on any atom is 0.0662 e. The summed E-state index contributed by atoms with van der Waals surface area (Å²) in [5, 5.41) is 0.710. The van der Waals surface area contributed by atoms with Gasteiger partial charge < -0.3 is 4.74 Å². The lowest BCUT2D eigenvalue weighted by Gasteiger charge is -2.04. The number of nitrogens with zero attached hydrogens (tertiary/aromatic N) is 1. The molecule has 0 aromatic carbocycles. The van der Waals surface area contributed by atoms with Gasteiger partial charge in [0.1, 0.15) is 0 Å². The van der Waals surface area contributed by atoms with Crippen LogP contribution in [0.4, 0.5) is 0 Å². The van der Waals surface area contributed by atoms with Crippen LogP contribution >= 0.6 is 11.8 Å². The summed E-state index contributed by atoms with van der Waals surface area (Å²) in [6.45, 7) is 8.72. The van der Waals surface area contributed by atoms with Crippen LogP contribution < -0.4 is 0 Å². The second-order valence-electron chi connectivity index (χ2n) is 2.70. The first-order valence-electron chi connectivity index (χ1n) is 4.41. The van der Waals surface area contributed by atoms with Gasteiger partial charge in [-0.3, -0.25) is 4.99 Å². The topological polar surface area (TPSA) is 21.6 Å². The molecule has 0 fully saturated rings. The van der Waals surface area contributed by atoms with E-state index in [2.05, 4.69) is 18.8 Å². The van der Waals surface area contributed by atoms with E-state index in [9.17, 15) is 0 Å². The van der Waals surface area contributed by atoms with Crippen molar-refractivity contribution in [3.05, 3.63) is 0 Å². The average molecular weight is 189 g/mol. The van der Waals surface area contributed by atoms with Gasteiger partial charge in [0.25, 0.3) is 0 Å². The molecule has 0 unspecified atom stereocenters. The van der Waals surface area contributed by atoms with Crippen LogP contribution in [0.2, 0.25) is 0 Å². The van der Waals surface area contributed by atoms with E-state index in [-0.39, 0.29) is 0 Å². The van der Waals surface area contributed by atoms with Gasteiger partial charge in [-0.25, -0.2) is 0 Å². The predicted molar refractivity (Wildman–Crippen MR) is 57.4 cm³/mol. The molecule has 3 heteroatoms. The normalized spacial score (nSPS) is 11.7. The van der Waals surface area contributed by atoms with Crippen molar-refractivity contribution in [2.75, 3.05) is 25.5 Å². The van der Waals surface area contributed by atoms with E-state index < -0.39 is 0 Å². The fourth-order valence-corrected chi connectivity index (χ4v) is 1.38. The summed E-state index contributed by atoms with van der Waals surface area (Å²) in [6.07, 6.45) is 1.81. The van der Waals surface area contributed by atoms with E-state index in [0.717, 1.165) is 25.5 Å². The monoisotopic (exact) mass is 189 g/mol. The highest BCUT2D eigenvalue weighted by Gasteiger charge is 1.93. The number of ether oxygens (including phenoxy) is 1. The second-order valence-corrected chi connectivity index (χ2v) is 4.38. The van der Waals surface area contributed by atoms with Crippen LogP contribution in [0, 0.1) is 0 Å². The van der Waals surface area contributed by atoms with E-state index in [1.807, 2.05) is 24.9 Å². The van der Waals surface area contributed by atoms with Crippen LogP contribution in [0.15, 0.2) is 4.99 Å². The first-order valence-corrected chi connectivity index (χ1v) is 5.46. The molecule has 72 valence electrons. The molecule has 0 aliphatic rings. The van der Waals surface area contributed by atoms with E-state index >= 15 is 0 Å². The Morgan fingerprint density at radius 1 is 1.42 bits per heavy atom. The smallest absolute Gasteiger partial charge is 0.0662 e. The Morgan fingerprint density at radius 3 is 2.75 bits per heavy atom. The molecule has 0 aromatic rings. The molecular weight excluding hydrogens is 170 g/mol. The molecule has 0 radical (unpaired) electrons. The minimum Gasteiger partial charge on any atom is -0.379 e. The Morgan fingerprint density at radius 2 is 2.17 bits per heavy atom. The quantitative estimate of drug-likeness (QED) is 0.452. The highest BCUT2D eigenvalue weighted by atomic mass is 32.2. The largest absolute Gasteiger partial charge is 0.379 e. The third-order valence-corrected chi connectivity index (χ3v) is 2.30. The number of rotatable bonds is 7. The van der Waals surface area contributed by atoms with Crippen molar-refractivity contribution in [3.8, 4) is 0 Å². The second kappa shape index (κ2) is 9.07. The molecule has 2 nitrogen and oxygen atoms in total. The molecule has 12 heavy (non-hydrogen) atoms. The lowest BCUT2D eigenvalue weighted by molar-refractivity contribution is 0.158. The Bertz CT molecular complexity index is 115. The molecule has 0 atom stereocenters. The maximum absolute atomic E-state index is 5.35. The van der Waals surface area contributed by atoms with E-state index in [1.165, 1.54) is 0 Å². The van der Waals surface area contributed by atoms with Gasteiger partial charge in [0.15, 0.2) is 0 Å². The first kappa shape index (κ1) is 12.0. The summed E-state index contributed by atoms with van der Waals surface area (Å²) in [5.41, 5.74) is 0. The molecule has 0 aromatic heterocycles. The van der Waals surface area contributed by atoms with Crippen LogP contribution in [0.25, 0.3) is 0 Å². The van der Waals surface area contributed by atoms with Crippen molar-refractivity contribution in [2.45, 2.75) is 26.0 Å². The lowest BCUT2D eigenvalue weighted by atomic mass is 10.6. The van der Waals surface area contributed by atoms with Gasteiger partial charge >= 0.3 is 0 Å². The third kappa shape index (κ3) is 9.98. The fraction of sp³-hybridized carbons (Fsp3) is 0.889. The van der Waals surface area contributed by atoms with Crippen LogP contribution in [0.3, 0.4) is 0 Å². The third-order valence-electron chi connectivity index (χ3n) is 1.23. The summed E-state index contributed by atoms with van der Waals surface area (Å²) in [7, 11) is 0. The van der Waals surface area contributed by atoms with Crippen molar-refractivity contribution in [1.29, 1.82) is 0 Å². The highest BCUT2D eigenvalue weighted by molar-refractivity contribution is 7.99. The summed E-state index contributed by atoms with van der Waals surface area (Å²) in [4.78, 5) is 4.05. The van der Waals surface area contributed by atoms with Crippen molar-refractivity contribution >= 4 is 18.0 Å². The average Bonchev–Trinajstić information content (AvgIpc) is 2.02. The number of hydrogen-bond donors (Lipinski definition) is 0. The van der Waals surface area contributed by atoms with E-state index in [0.29, 0.717) is 5.25 Å². The molecule has 0 aliphatic carbocycles. The summed E-state index contributed by atoms with van der Waals surface area (Å²) >= 11 is 1.93. The van der Waals surface area contributed by atoms with E-state index in [1.54, 1.807) is 0 Å². The van der Waals surface area contributed by atoms with Crippen LogP contribution in [0.1, 0.15) is 20.8 Å². The van der Waals surface area contributed by atoms with Gasteiger partial charge in [-0.1, -0.05) is 13.8 Å². The molecule has 0 spiro atoms. The molecule has 0 heterocycles. The molecule has 0 rings (SSSR count). The van der Waals surface area contributed by atoms with Gasteiger partial charge in [-0.05, 0) is 18.4 Å². The Kier molecular flexibility index (Phi) is 9.06. The Balaban J connectivity index is 2.91. The number of hydrogen-bond acceptors (Lipinski definition) is 3. The van der Waals surface area contributed by atoms with Gasteiger partial charge in [0, 0.05) is 5.75 Å². The Labute approximate surface area is 79.8 Å². The van der Waals surface area contributed by atoms with Gasteiger partial charge in [-0.15, -0.1) is 0 Å². The Hall–Kier alpha value is -0.0200. The van der Waals surface area contributed by atoms with Crippen LogP contribution in [-0.2, 0) is 4.74 Å². The zero-order chi connectivity index (χ0) is 9.23. The molecule has 0 amide bonds. The van der Waals surface area contributed by atoms with Gasteiger partial charge in [0.2, 0.25) is 0 Å². The van der Waals surface area contributed by atoms with Gasteiger partial charge in [-0.2, -0.15) is 11.8 Å². The molecule has 0 saturated carbocycles. The van der Waals surface area contributed by atoms with Crippen molar-refractivity contribution in [1.82, 2.24) is 0 Å². The highest BCUT2D eigenvalue weighted by Crippen LogP contribution is 2.07. The summed E-state index contributed by atoms with van der Waals surface area (Å²) in [6, 6.07) is 0. The van der Waals surface area contributed by atoms with Crippen molar-refractivity contribution in [3.63, 3.8) is 0 Å². The lowest BCUT2D eigenvalue weighted by Crippen LogP contribution is -2.03. The molecular formula is C9H19NOS. The zero-order valence-corrected chi connectivity index (χ0v) is 9.06. The molecule has 0 N–H and O–H groups in total. The minimum atomic E-state index is 0.710.